The van der Waals surface area contributed by atoms with Crippen LogP contribution in [0.5, 0.6) is 0 Å². The molecule has 36 heavy (non-hydrogen) atoms. The van der Waals surface area contributed by atoms with E-state index in [1.165, 1.54) is 5.69 Å². The van der Waals surface area contributed by atoms with Gasteiger partial charge in [-0.3, -0.25) is 4.90 Å². The minimum Gasteiger partial charge on any atom is -0.383 e. The molecule has 3 aromatic rings. The quantitative estimate of drug-likeness (QED) is 0.466. The lowest BCUT2D eigenvalue weighted by molar-refractivity contribution is 0.152. The van der Waals surface area contributed by atoms with Crippen LogP contribution in [0.25, 0.3) is 22.6 Å². The van der Waals surface area contributed by atoms with Gasteiger partial charge in [0.1, 0.15) is 11.3 Å². The maximum Gasteiger partial charge on any atom is 0.180 e. The van der Waals surface area contributed by atoms with Gasteiger partial charge in [0.15, 0.2) is 5.65 Å². The second-order valence-electron chi connectivity index (χ2n) is 9.84. The van der Waals surface area contributed by atoms with E-state index in [4.69, 9.17) is 21.3 Å². The first-order chi connectivity index (χ1) is 17.6. The average Bonchev–Trinajstić information content (AvgIpc) is 3.21. The van der Waals surface area contributed by atoms with E-state index in [1.807, 2.05) is 0 Å². The second kappa shape index (κ2) is 11.8. The van der Waals surface area contributed by atoms with E-state index in [0.717, 1.165) is 101 Å². The SMILES string of the molecule is CCN1CCC(Nc2c(Cl)cnc3nc(-c4ccc(N5CCCN(CCOC)CC5)cc4)[nH]c23)CC1. The number of hydrogen-bond donors (Lipinski definition) is 2. The Labute approximate surface area is 219 Å². The van der Waals surface area contributed by atoms with Crippen LogP contribution in [0.3, 0.4) is 0 Å². The van der Waals surface area contributed by atoms with E-state index in [-0.39, 0.29) is 0 Å². The van der Waals surface area contributed by atoms with Crippen LogP contribution in [0.4, 0.5) is 11.4 Å². The summed E-state index contributed by atoms with van der Waals surface area (Å²) in [7, 11) is 1.77. The number of aromatic nitrogens is 3. The van der Waals surface area contributed by atoms with E-state index in [1.54, 1.807) is 13.3 Å². The molecule has 0 bridgehead atoms. The third-order valence-corrected chi connectivity index (χ3v) is 7.85. The number of hydrogen-bond acceptors (Lipinski definition) is 7. The fourth-order valence-electron chi connectivity index (χ4n) is 5.31. The highest BCUT2D eigenvalue weighted by Crippen LogP contribution is 2.32. The number of ether oxygens (including phenoxy) is 1. The lowest BCUT2D eigenvalue weighted by Crippen LogP contribution is -2.38. The molecule has 0 amide bonds. The van der Waals surface area contributed by atoms with Gasteiger partial charge in [0.25, 0.3) is 0 Å². The minimum atomic E-state index is 0.404. The molecule has 2 N–H and O–H groups in total. The summed E-state index contributed by atoms with van der Waals surface area (Å²) < 4.78 is 5.25. The topological polar surface area (TPSA) is 72.6 Å². The normalized spacial score (nSPS) is 18.6. The summed E-state index contributed by atoms with van der Waals surface area (Å²) in [6.45, 7) is 11.6. The van der Waals surface area contributed by atoms with Crippen molar-refractivity contribution in [2.45, 2.75) is 32.2 Å². The number of piperidine rings is 1. The molecule has 4 heterocycles. The number of H-pyrrole nitrogens is 1. The number of aromatic amines is 1. The zero-order valence-electron chi connectivity index (χ0n) is 21.5. The molecule has 2 aliphatic heterocycles. The molecule has 2 aromatic heterocycles. The third-order valence-electron chi connectivity index (χ3n) is 7.56. The smallest absolute Gasteiger partial charge is 0.180 e. The maximum absolute atomic E-state index is 6.59. The van der Waals surface area contributed by atoms with Gasteiger partial charge in [-0.15, -0.1) is 0 Å². The number of nitrogens with one attached hydrogen (secondary N) is 2. The Morgan fingerprint density at radius 1 is 1.06 bits per heavy atom. The van der Waals surface area contributed by atoms with Crippen molar-refractivity contribution in [1.29, 1.82) is 0 Å². The number of anilines is 2. The lowest BCUT2D eigenvalue weighted by Gasteiger charge is -2.32. The Kier molecular flexibility index (Phi) is 8.26. The number of fused-ring (bicyclic) bond motifs is 1. The van der Waals surface area contributed by atoms with Crippen molar-refractivity contribution in [3.8, 4) is 11.4 Å². The predicted octanol–water partition coefficient (Wildman–Crippen LogP) is 4.33. The number of benzene rings is 1. The van der Waals surface area contributed by atoms with E-state index >= 15 is 0 Å². The first-order valence-corrected chi connectivity index (χ1v) is 13.6. The summed E-state index contributed by atoms with van der Waals surface area (Å²) in [6.07, 6.45) is 5.08. The highest BCUT2D eigenvalue weighted by molar-refractivity contribution is 6.34. The summed E-state index contributed by atoms with van der Waals surface area (Å²) in [6, 6.07) is 9.11. The van der Waals surface area contributed by atoms with Crippen molar-refractivity contribution in [3.63, 3.8) is 0 Å². The molecule has 0 atom stereocenters. The number of likely N-dealkylation sites (tertiary alicyclic amines) is 1. The Balaban J connectivity index is 1.29. The Bertz CT molecular complexity index is 1130. The predicted molar refractivity (Wildman–Crippen MR) is 148 cm³/mol. The lowest BCUT2D eigenvalue weighted by atomic mass is 10.0. The van der Waals surface area contributed by atoms with Gasteiger partial charge >= 0.3 is 0 Å². The summed E-state index contributed by atoms with van der Waals surface area (Å²) in [4.78, 5) is 20.2. The number of methoxy groups -OCH3 is 1. The first kappa shape index (κ1) is 25.3. The Morgan fingerprint density at radius 2 is 1.86 bits per heavy atom. The van der Waals surface area contributed by atoms with Gasteiger partial charge in [0.2, 0.25) is 0 Å². The van der Waals surface area contributed by atoms with Crippen molar-refractivity contribution in [2.75, 3.05) is 76.3 Å². The van der Waals surface area contributed by atoms with Crippen molar-refractivity contribution in [2.24, 2.45) is 0 Å². The van der Waals surface area contributed by atoms with Crippen LogP contribution < -0.4 is 10.2 Å². The van der Waals surface area contributed by atoms with Crippen LogP contribution in [-0.4, -0.2) is 96.9 Å². The van der Waals surface area contributed by atoms with Crippen LogP contribution in [0.2, 0.25) is 5.02 Å². The van der Waals surface area contributed by atoms with Crippen LogP contribution in [-0.2, 0) is 4.74 Å². The van der Waals surface area contributed by atoms with Crippen molar-refractivity contribution >= 4 is 34.1 Å². The molecule has 2 saturated heterocycles. The molecule has 0 unspecified atom stereocenters. The van der Waals surface area contributed by atoms with Gasteiger partial charge in [0, 0.05) is 63.7 Å². The zero-order chi connectivity index (χ0) is 24.9. The maximum atomic E-state index is 6.59. The van der Waals surface area contributed by atoms with Crippen molar-refractivity contribution < 1.29 is 4.74 Å². The number of rotatable bonds is 8. The highest BCUT2D eigenvalue weighted by atomic mass is 35.5. The molecular weight excluding hydrogens is 474 g/mol. The molecule has 0 spiro atoms. The number of pyridine rings is 1. The molecule has 194 valence electrons. The molecular formula is C27H38ClN7O. The van der Waals surface area contributed by atoms with Crippen LogP contribution in [0.15, 0.2) is 30.5 Å². The van der Waals surface area contributed by atoms with Gasteiger partial charge in [0.05, 0.1) is 23.5 Å². The molecule has 1 aromatic carbocycles. The van der Waals surface area contributed by atoms with Gasteiger partial charge in [-0.25, -0.2) is 9.97 Å². The third kappa shape index (κ3) is 5.78. The van der Waals surface area contributed by atoms with E-state index in [2.05, 4.69) is 61.2 Å². The van der Waals surface area contributed by atoms with Gasteiger partial charge in [-0.05, 0) is 56.6 Å². The fourth-order valence-corrected chi connectivity index (χ4v) is 5.51. The monoisotopic (exact) mass is 511 g/mol. The fraction of sp³-hybridized carbons (Fsp3) is 0.556. The molecule has 0 saturated carbocycles. The molecule has 0 aliphatic carbocycles. The first-order valence-electron chi connectivity index (χ1n) is 13.2. The van der Waals surface area contributed by atoms with Gasteiger partial charge in [-0.1, -0.05) is 18.5 Å². The van der Waals surface area contributed by atoms with Gasteiger partial charge in [-0.2, -0.15) is 0 Å². The molecule has 2 aliphatic rings. The second-order valence-corrected chi connectivity index (χ2v) is 10.2. The van der Waals surface area contributed by atoms with Crippen LogP contribution >= 0.6 is 11.6 Å². The summed E-state index contributed by atoms with van der Waals surface area (Å²) >= 11 is 6.59. The van der Waals surface area contributed by atoms with E-state index in [0.29, 0.717) is 16.7 Å². The van der Waals surface area contributed by atoms with E-state index in [9.17, 15) is 0 Å². The molecule has 9 heteroatoms. The molecule has 5 rings (SSSR count). The van der Waals surface area contributed by atoms with Gasteiger partial charge < -0.3 is 24.8 Å². The zero-order valence-corrected chi connectivity index (χ0v) is 22.2. The standard InChI is InChI=1S/C27H38ClN7O/c1-3-33-13-9-21(10-14-33)30-24-23(28)19-29-27-25(24)31-26(32-27)20-5-7-22(8-6-20)35-12-4-11-34(15-16-35)17-18-36-2/h5-8,19,21H,3-4,9-18H2,1-2H3,(H2,29,30,31,32). The average molecular weight is 512 g/mol. The van der Waals surface area contributed by atoms with Crippen LogP contribution in [0.1, 0.15) is 26.2 Å². The minimum absolute atomic E-state index is 0.404. The summed E-state index contributed by atoms with van der Waals surface area (Å²) in [5.74, 6) is 0.816. The highest BCUT2D eigenvalue weighted by Gasteiger charge is 2.21. The largest absolute Gasteiger partial charge is 0.383 e. The Hall–Kier alpha value is -2.39. The summed E-state index contributed by atoms with van der Waals surface area (Å²) in [5.41, 5.74) is 4.78. The molecule has 2 fully saturated rings. The van der Waals surface area contributed by atoms with Crippen LogP contribution in [0, 0.1) is 0 Å². The Morgan fingerprint density at radius 3 is 2.61 bits per heavy atom. The molecule has 0 radical (unpaired) electrons. The number of nitrogens with zero attached hydrogens (tertiary/aromatic N) is 5. The van der Waals surface area contributed by atoms with E-state index < -0.39 is 0 Å². The molecule has 8 nitrogen and oxygen atoms in total. The summed E-state index contributed by atoms with van der Waals surface area (Å²) in [5, 5.41) is 4.32. The number of halogens is 1. The van der Waals surface area contributed by atoms with Crippen molar-refractivity contribution in [1.82, 2.24) is 24.8 Å². The number of imidazole rings is 1. The van der Waals surface area contributed by atoms with Crippen molar-refractivity contribution in [3.05, 3.63) is 35.5 Å².